The molecule has 2 N–H and O–H groups in total. The lowest BCUT2D eigenvalue weighted by Crippen LogP contribution is -2.42. The highest BCUT2D eigenvalue weighted by Crippen LogP contribution is 2.25. The van der Waals surface area contributed by atoms with E-state index in [2.05, 4.69) is 21.2 Å². The molecule has 1 aromatic rings. The normalized spacial score (nSPS) is 11.8. The fourth-order valence-corrected chi connectivity index (χ4v) is 1.80. The maximum Gasteiger partial charge on any atom is 0.326 e. The van der Waals surface area contributed by atoms with Crippen LogP contribution < -0.4 is 5.32 Å². The first-order valence-electron chi connectivity index (χ1n) is 5.77. The number of aliphatic carboxylic acids is 1. The number of likely N-dealkylation sites (N-methyl/N-ethyl adjacent to an activating group) is 1. The highest BCUT2D eigenvalue weighted by atomic mass is 79.9. The van der Waals surface area contributed by atoms with Crippen molar-refractivity contribution >= 4 is 33.6 Å². The number of halogens is 1. The van der Waals surface area contributed by atoms with Gasteiger partial charge >= 0.3 is 12.0 Å². The summed E-state index contributed by atoms with van der Waals surface area (Å²) in [6.45, 7) is 5.31. The second-order valence-electron chi connectivity index (χ2n) is 4.48. The van der Waals surface area contributed by atoms with Gasteiger partial charge in [-0.15, -0.1) is 0 Å². The molecule has 0 aliphatic carbocycles. The average molecular weight is 329 g/mol. The number of carboxylic acids is 1. The summed E-state index contributed by atoms with van der Waals surface area (Å²) in [5, 5.41) is 11.6. The molecule has 0 saturated heterocycles. The zero-order chi connectivity index (χ0) is 14.7. The van der Waals surface area contributed by atoms with Gasteiger partial charge in [0.25, 0.3) is 0 Å². The Morgan fingerprint density at radius 1 is 1.32 bits per heavy atom. The van der Waals surface area contributed by atoms with E-state index in [1.54, 1.807) is 0 Å². The van der Waals surface area contributed by atoms with E-state index < -0.39 is 18.0 Å². The Morgan fingerprint density at radius 3 is 2.21 bits per heavy atom. The third-order valence-electron chi connectivity index (χ3n) is 2.95. The molecule has 0 spiro atoms. The molecule has 0 bridgehead atoms. The Bertz CT molecular complexity index is 494. The summed E-state index contributed by atoms with van der Waals surface area (Å²) < 4.78 is 0.998. The number of amides is 2. The lowest BCUT2D eigenvalue weighted by atomic mass is 10.1. The van der Waals surface area contributed by atoms with Gasteiger partial charge in [0, 0.05) is 17.2 Å². The molecular formula is C13H17BrN2O3. The maximum absolute atomic E-state index is 11.9. The van der Waals surface area contributed by atoms with Crippen molar-refractivity contribution in [1.82, 2.24) is 4.90 Å². The smallest absolute Gasteiger partial charge is 0.326 e. The monoisotopic (exact) mass is 328 g/mol. The second kappa shape index (κ2) is 6.06. The minimum absolute atomic E-state index is 0.448. The molecule has 0 aliphatic rings. The van der Waals surface area contributed by atoms with Crippen LogP contribution in [0.5, 0.6) is 0 Å². The van der Waals surface area contributed by atoms with E-state index in [0.29, 0.717) is 5.69 Å². The molecule has 1 aromatic carbocycles. The van der Waals surface area contributed by atoms with Crippen LogP contribution in [0.25, 0.3) is 0 Å². The van der Waals surface area contributed by atoms with Crippen LogP contribution in [0, 0.1) is 13.8 Å². The summed E-state index contributed by atoms with van der Waals surface area (Å²) in [6.07, 6.45) is 0. The van der Waals surface area contributed by atoms with Crippen molar-refractivity contribution in [2.45, 2.75) is 26.8 Å². The van der Waals surface area contributed by atoms with Gasteiger partial charge in [-0.3, -0.25) is 0 Å². The van der Waals surface area contributed by atoms with Crippen molar-refractivity contribution in [3.8, 4) is 0 Å². The number of benzene rings is 1. The van der Waals surface area contributed by atoms with Crippen LogP contribution in [0.2, 0.25) is 0 Å². The van der Waals surface area contributed by atoms with Gasteiger partial charge in [0.2, 0.25) is 0 Å². The zero-order valence-corrected chi connectivity index (χ0v) is 12.9. The van der Waals surface area contributed by atoms with Gasteiger partial charge < -0.3 is 15.3 Å². The number of hydrogen-bond acceptors (Lipinski definition) is 2. The fraction of sp³-hybridized carbons (Fsp3) is 0.385. The van der Waals surface area contributed by atoms with E-state index in [-0.39, 0.29) is 0 Å². The fourth-order valence-electron chi connectivity index (χ4n) is 1.57. The Labute approximate surface area is 120 Å². The number of nitrogens with one attached hydrogen (secondary N) is 1. The molecule has 0 aliphatic heterocycles. The number of carboxylic acid groups (broad SMARTS) is 1. The summed E-state index contributed by atoms with van der Waals surface area (Å²) in [7, 11) is 1.45. The topological polar surface area (TPSA) is 69.6 Å². The Balaban J connectivity index is 2.86. The molecule has 104 valence electrons. The minimum atomic E-state index is -1.04. The van der Waals surface area contributed by atoms with Gasteiger partial charge in [0.15, 0.2) is 0 Å². The molecule has 19 heavy (non-hydrogen) atoms. The number of aryl methyl sites for hydroxylation is 2. The molecule has 1 unspecified atom stereocenters. The SMILES string of the molecule is Cc1cc(NC(=O)N(C)C(C)C(=O)O)cc(C)c1Br. The molecule has 1 rings (SSSR count). The van der Waals surface area contributed by atoms with Crippen LogP contribution in [0.15, 0.2) is 16.6 Å². The molecule has 5 nitrogen and oxygen atoms in total. The van der Waals surface area contributed by atoms with Gasteiger partial charge in [-0.1, -0.05) is 15.9 Å². The summed E-state index contributed by atoms with van der Waals surface area (Å²) >= 11 is 3.45. The average Bonchev–Trinajstić information content (AvgIpc) is 2.33. The summed E-state index contributed by atoms with van der Waals surface area (Å²) in [5.41, 5.74) is 2.65. The van der Waals surface area contributed by atoms with Crippen LogP contribution in [0.4, 0.5) is 10.5 Å². The Kier molecular flexibility index (Phi) is 4.94. The number of nitrogens with zero attached hydrogens (tertiary/aromatic N) is 1. The van der Waals surface area contributed by atoms with Gasteiger partial charge in [-0.25, -0.2) is 9.59 Å². The molecule has 0 radical (unpaired) electrons. The highest BCUT2D eigenvalue weighted by molar-refractivity contribution is 9.10. The maximum atomic E-state index is 11.9. The van der Waals surface area contributed by atoms with Crippen molar-refractivity contribution in [1.29, 1.82) is 0 Å². The van der Waals surface area contributed by atoms with E-state index in [1.165, 1.54) is 14.0 Å². The number of urea groups is 1. The van der Waals surface area contributed by atoms with Crippen LogP contribution in [0.3, 0.4) is 0 Å². The number of carbonyl (C=O) groups excluding carboxylic acids is 1. The summed E-state index contributed by atoms with van der Waals surface area (Å²) in [5.74, 6) is -1.04. The van der Waals surface area contributed by atoms with Crippen LogP contribution in [-0.4, -0.2) is 35.1 Å². The second-order valence-corrected chi connectivity index (χ2v) is 5.27. The number of carbonyl (C=O) groups is 2. The lowest BCUT2D eigenvalue weighted by molar-refractivity contribution is -0.141. The van der Waals surface area contributed by atoms with E-state index in [1.807, 2.05) is 26.0 Å². The van der Waals surface area contributed by atoms with Crippen LogP contribution in [0.1, 0.15) is 18.1 Å². The van der Waals surface area contributed by atoms with Crippen molar-refractivity contribution in [3.63, 3.8) is 0 Å². The van der Waals surface area contributed by atoms with Crippen molar-refractivity contribution in [2.24, 2.45) is 0 Å². The van der Waals surface area contributed by atoms with E-state index in [9.17, 15) is 9.59 Å². The lowest BCUT2D eigenvalue weighted by Gasteiger charge is -2.22. The first-order chi connectivity index (χ1) is 8.73. The predicted octanol–water partition coefficient (Wildman–Crippen LogP) is 3.00. The number of anilines is 1. The van der Waals surface area contributed by atoms with E-state index in [4.69, 9.17) is 5.11 Å². The minimum Gasteiger partial charge on any atom is -0.480 e. The summed E-state index contributed by atoms with van der Waals surface area (Å²) in [4.78, 5) is 23.9. The number of hydrogen-bond donors (Lipinski definition) is 2. The van der Waals surface area contributed by atoms with Gasteiger partial charge in [0.05, 0.1) is 0 Å². The van der Waals surface area contributed by atoms with Crippen molar-refractivity contribution < 1.29 is 14.7 Å². The third-order valence-corrected chi connectivity index (χ3v) is 4.20. The zero-order valence-electron chi connectivity index (χ0n) is 11.3. The molecule has 0 heterocycles. The van der Waals surface area contributed by atoms with Crippen LogP contribution >= 0.6 is 15.9 Å². The van der Waals surface area contributed by atoms with Gasteiger partial charge in [0.1, 0.15) is 6.04 Å². The molecule has 0 fully saturated rings. The molecule has 2 amide bonds. The molecule has 0 aromatic heterocycles. The molecule has 6 heteroatoms. The first-order valence-corrected chi connectivity index (χ1v) is 6.56. The predicted molar refractivity (Wildman–Crippen MR) is 77.5 cm³/mol. The Hall–Kier alpha value is -1.56. The third kappa shape index (κ3) is 3.70. The van der Waals surface area contributed by atoms with Crippen molar-refractivity contribution in [2.75, 3.05) is 12.4 Å². The van der Waals surface area contributed by atoms with Crippen molar-refractivity contribution in [3.05, 3.63) is 27.7 Å². The molecular weight excluding hydrogens is 312 g/mol. The van der Waals surface area contributed by atoms with E-state index >= 15 is 0 Å². The quantitative estimate of drug-likeness (QED) is 0.896. The Morgan fingerprint density at radius 2 is 1.79 bits per heavy atom. The highest BCUT2D eigenvalue weighted by Gasteiger charge is 2.21. The van der Waals surface area contributed by atoms with Gasteiger partial charge in [-0.05, 0) is 44.0 Å². The first kappa shape index (κ1) is 15.5. The standard InChI is InChI=1S/C13H17BrN2O3/c1-7-5-10(6-8(2)11(7)14)15-13(19)16(4)9(3)12(17)18/h5-6,9H,1-4H3,(H,15,19)(H,17,18). The molecule has 0 saturated carbocycles. The van der Waals surface area contributed by atoms with Crippen LogP contribution in [-0.2, 0) is 4.79 Å². The van der Waals surface area contributed by atoms with E-state index in [0.717, 1.165) is 20.5 Å². The largest absolute Gasteiger partial charge is 0.480 e. The summed E-state index contributed by atoms with van der Waals surface area (Å²) in [6, 6.07) is 2.33. The number of rotatable bonds is 3. The van der Waals surface area contributed by atoms with Gasteiger partial charge in [-0.2, -0.15) is 0 Å². The molecule has 1 atom stereocenters.